The number of phosphoric ester groups is 1. The van der Waals surface area contributed by atoms with E-state index in [-0.39, 0.29) is 57.8 Å². The first-order chi connectivity index (χ1) is 36.8. The lowest BCUT2D eigenvalue weighted by molar-refractivity contribution is -0.0944. The Morgan fingerprint density at radius 3 is 2.24 bits per heavy atom. The molecule has 35 heteroatoms. The van der Waals surface area contributed by atoms with Crippen LogP contribution in [0.5, 0.6) is 11.5 Å². The van der Waals surface area contributed by atoms with Crippen LogP contribution in [0, 0.1) is 18.3 Å². The third kappa shape index (κ3) is 14.9. The van der Waals surface area contributed by atoms with E-state index in [9.17, 15) is 34.7 Å². The first-order valence-corrected chi connectivity index (χ1v) is 35.1. The zero-order chi connectivity index (χ0) is 53.6. The summed E-state index contributed by atoms with van der Waals surface area (Å²) in [5, 5.41) is 40.6. The molecule has 0 aliphatic carbocycles. The topological polar surface area (TPSA) is 313 Å². The Bertz CT molecular complexity index is 2710. The van der Waals surface area contributed by atoms with Crippen LogP contribution in [0.2, 0.25) is 12.1 Å². The van der Waals surface area contributed by atoms with Gasteiger partial charge in [0.25, 0.3) is 5.56 Å². The first-order valence-electron chi connectivity index (χ1n) is 23.3. The van der Waals surface area contributed by atoms with Gasteiger partial charge in [0, 0.05) is 49.9 Å². The fraction of sp³-hybridized carbons (Fsp3) is 0.439. The van der Waals surface area contributed by atoms with Gasteiger partial charge >= 0.3 is 89.5 Å². The molecule has 405 valence electrons. The number of hydrogen-bond acceptors (Lipinski definition) is 24. The lowest BCUT2D eigenvalue weighted by Crippen LogP contribution is -2.69. The van der Waals surface area contributed by atoms with Gasteiger partial charge in [-0.15, -0.1) is 0 Å². The number of nitrogens with one attached hydrogen (secondary N) is 1. The van der Waals surface area contributed by atoms with Crippen molar-refractivity contribution < 1.29 is 93.6 Å². The van der Waals surface area contributed by atoms with Gasteiger partial charge in [0.05, 0.1) is 52.1 Å². The van der Waals surface area contributed by atoms with Crippen LogP contribution in [-0.4, -0.2) is 166 Å². The van der Waals surface area contributed by atoms with Crippen molar-refractivity contribution in [3.8, 4) is 17.6 Å². The van der Waals surface area contributed by atoms with E-state index in [1.165, 1.54) is 10.8 Å². The summed E-state index contributed by atoms with van der Waals surface area (Å²) in [7, 11) is -20.7. The van der Waals surface area contributed by atoms with Crippen LogP contribution in [0.1, 0.15) is 47.7 Å². The summed E-state index contributed by atoms with van der Waals surface area (Å²) in [6.07, 6.45) is -1.69. The summed E-state index contributed by atoms with van der Waals surface area (Å²) in [5.41, 5.74) is 0.0337. The highest BCUT2D eigenvalue weighted by Gasteiger charge is 2.62. The SMILES string of the molecule is COc1ccc(C(OC[C@H]2O[C@@H](n3cc(C)c(=O)[nH]c3=O)CC2O)(c2ccccc2)c2ccc(OCCCOP(=O)(OCCC#N)OC[Si]3O[Si]O[Si]4O[Si]5O[Si]O[Si]O[Si](CCO)(O5)O[Si](CCO)(O3)O4)cc2)cc1. The van der Waals surface area contributed by atoms with Gasteiger partial charge in [-0.1, -0.05) is 54.6 Å². The Balaban J connectivity index is 0.933. The molecule has 4 N–H and O–H groups in total. The van der Waals surface area contributed by atoms with Gasteiger partial charge in [-0.25, -0.2) is 9.36 Å². The number of fused-ring (bicyclic) bond motifs is 4. The zero-order valence-electron chi connectivity index (χ0n) is 40.6. The minimum absolute atomic E-state index is 0.0755. The predicted octanol–water partition coefficient (Wildman–Crippen LogP) is 1.02. The van der Waals surface area contributed by atoms with Crippen molar-refractivity contribution in [2.75, 3.05) is 53.0 Å². The highest BCUT2D eigenvalue weighted by atomic mass is 31.2. The lowest BCUT2D eigenvalue weighted by atomic mass is 9.80. The molecule has 0 saturated carbocycles. The number of aliphatic hydroxyl groups is 3. The molecule has 4 saturated heterocycles. The summed E-state index contributed by atoms with van der Waals surface area (Å²) in [5.74, 6) is 1.09. The molecular formula is C41H51N3O23PSi8. The van der Waals surface area contributed by atoms with Gasteiger partial charge in [-0.05, 0) is 47.9 Å². The Labute approximate surface area is 451 Å². The highest BCUT2D eigenvalue weighted by Crippen LogP contribution is 2.50. The second kappa shape index (κ2) is 27.7. The second-order valence-electron chi connectivity index (χ2n) is 16.5. The number of phosphoric acid groups is 1. The number of benzene rings is 3. The maximum atomic E-state index is 14.1. The molecule has 1 aromatic heterocycles. The Kier molecular flexibility index (Phi) is 21.4. The van der Waals surface area contributed by atoms with Crippen molar-refractivity contribution >= 4 is 83.8 Å². The fourth-order valence-electron chi connectivity index (χ4n) is 7.85. The number of aliphatic hydroxyl groups excluding tert-OH is 3. The number of aromatic amines is 1. The summed E-state index contributed by atoms with van der Waals surface area (Å²) in [4.78, 5) is 27.1. The smallest absolute Gasteiger partial charge is 0.497 e. The fourth-order valence-corrected chi connectivity index (χ4v) is 29.3. The average molecular weight is 1210 g/mol. The highest BCUT2D eigenvalue weighted by molar-refractivity contribution is 7.48. The third-order valence-corrected chi connectivity index (χ3v) is 30.4. The molecule has 7 atom stereocenters. The van der Waals surface area contributed by atoms with E-state index in [2.05, 4.69) is 4.98 Å². The molecule has 4 aliphatic heterocycles. The largest absolute Gasteiger partial charge is 0.551 e. The van der Waals surface area contributed by atoms with Gasteiger partial charge in [-0.3, -0.25) is 27.9 Å². The molecule has 8 rings (SSSR count). The number of rotatable bonds is 24. The molecule has 5 heterocycles. The van der Waals surface area contributed by atoms with Crippen molar-refractivity contribution in [3.63, 3.8) is 0 Å². The third-order valence-electron chi connectivity index (χ3n) is 11.4. The molecule has 0 amide bonds. The minimum Gasteiger partial charge on any atom is -0.497 e. The van der Waals surface area contributed by atoms with Crippen LogP contribution in [0.4, 0.5) is 0 Å². The number of H-pyrrole nitrogens is 1. The van der Waals surface area contributed by atoms with Gasteiger partial charge < -0.3 is 75.4 Å². The van der Waals surface area contributed by atoms with Crippen molar-refractivity contribution in [3.05, 3.63) is 128 Å². The van der Waals surface area contributed by atoms with Crippen molar-refractivity contribution in [2.24, 2.45) is 0 Å². The van der Waals surface area contributed by atoms with Gasteiger partial charge in [0.15, 0.2) is 0 Å². The molecule has 76 heavy (non-hydrogen) atoms. The maximum absolute atomic E-state index is 14.1. The first kappa shape index (κ1) is 58.8. The maximum Gasteiger partial charge on any atom is 0.551 e. The number of aryl methyl sites for hydroxylation is 1. The summed E-state index contributed by atoms with van der Waals surface area (Å²) < 4.78 is 117. The summed E-state index contributed by atoms with van der Waals surface area (Å²) >= 11 is 0. The molecule has 0 spiro atoms. The quantitative estimate of drug-likeness (QED) is 0.0329. The lowest BCUT2D eigenvalue weighted by Gasteiger charge is -2.44. The molecular weight excluding hydrogens is 1160 g/mol. The Morgan fingerprint density at radius 2 is 1.53 bits per heavy atom. The van der Waals surface area contributed by atoms with E-state index in [4.69, 9.17) is 73.7 Å². The molecule has 3 aromatic carbocycles. The molecule has 4 aromatic rings. The molecule has 4 fully saturated rings. The molecule has 9 radical (unpaired) electrons. The number of nitrogens with zero attached hydrogens (tertiary/aromatic N) is 2. The summed E-state index contributed by atoms with van der Waals surface area (Å²) in [6.45, 7) is 0.184. The van der Waals surface area contributed by atoms with E-state index >= 15 is 0 Å². The molecule has 5 unspecified atom stereocenters. The van der Waals surface area contributed by atoms with Crippen LogP contribution in [-0.2, 0) is 74.4 Å². The van der Waals surface area contributed by atoms with E-state index in [0.717, 1.165) is 11.1 Å². The van der Waals surface area contributed by atoms with Crippen LogP contribution < -0.4 is 20.7 Å². The van der Waals surface area contributed by atoms with Crippen LogP contribution in [0.25, 0.3) is 0 Å². The van der Waals surface area contributed by atoms with Gasteiger partial charge in [-0.2, -0.15) is 5.26 Å². The van der Waals surface area contributed by atoms with Crippen LogP contribution in [0.15, 0.2) is 94.6 Å². The zero-order valence-corrected chi connectivity index (χ0v) is 49.5. The van der Waals surface area contributed by atoms with Crippen LogP contribution >= 0.6 is 7.82 Å². The van der Waals surface area contributed by atoms with Crippen molar-refractivity contribution in [2.45, 2.75) is 62.3 Å². The molecule has 4 aliphatic rings. The van der Waals surface area contributed by atoms with Gasteiger partial charge in [0.2, 0.25) is 0 Å². The number of aromatic nitrogens is 2. The second-order valence-corrected chi connectivity index (χ2v) is 32.6. The van der Waals surface area contributed by atoms with E-state index in [0.29, 0.717) is 22.6 Å². The standard InChI is InChI=1S/C41H51N3O23PSi8/c1-30-27-44(40(49)43-39(30)48)38-26-36(47)37(57-38)28-53-41(31-8-4-3-5-9-31,32-10-14-34(51-2)15-11-32)33-12-16-35(17-13-33)52-21-7-23-55-68(50,54-22-6-18-42)56-29-72-59-71-61-74-63-73-60-69-58-70-62-75(65-73,24-19-45)67-76(64-72,66-74)25-20-46/h3-5,8-17,27,36-38,45-47H,6-7,19-26,28-29H2,1-2H3,(H,43,48,49)/t36?,37-,38-,41?,68?,75?,76?/m1/s1. The summed E-state index contributed by atoms with van der Waals surface area (Å²) in [6, 6.07) is 25.7. The average Bonchev–Trinajstić information content (AvgIpc) is 3.79. The number of methoxy groups -OCH3 is 1. The van der Waals surface area contributed by atoms with Crippen molar-refractivity contribution in [1.29, 1.82) is 5.26 Å². The van der Waals surface area contributed by atoms with E-state index < -0.39 is 139 Å². The van der Waals surface area contributed by atoms with E-state index in [1.54, 1.807) is 26.2 Å². The Hall–Kier alpha value is -3.32. The molecule has 4 bridgehead atoms. The van der Waals surface area contributed by atoms with Crippen LogP contribution in [0.3, 0.4) is 0 Å². The minimum atomic E-state index is -4.41. The number of hydrogen-bond donors (Lipinski definition) is 4. The Morgan fingerprint density at radius 1 is 0.855 bits per heavy atom. The van der Waals surface area contributed by atoms with E-state index in [1.807, 2.05) is 72.8 Å². The van der Waals surface area contributed by atoms with Crippen molar-refractivity contribution in [1.82, 2.24) is 9.55 Å². The number of ether oxygens (including phenoxy) is 4. The number of nitriles is 1. The monoisotopic (exact) mass is 1210 g/mol. The predicted molar refractivity (Wildman–Crippen MR) is 269 cm³/mol. The van der Waals surface area contributed by atoms with Gasteiger partial charge in [0.1, 0.15) is 35.7 Å². The molecule has 26 nitrogen and oxygen atoms in total. The normalized spacial score (nSPS) is 25.3.